The van der Waals surface area contributed by atoms with Gasteiger partial charge in [-0.3, -0.25) is 9.59 Å². The quantitative estimate of drug-likeness (QED) is 0.376. The van der Waals surface area contributed by atoms with E-state index < -0.39 is 0 Å². The van der Waals surface area contributed by atoms with Crippen molar-refractivity contribution in [2.24, 2.45) is 0 Å². The Morgan fingerprint density at radius 2 is 1.70 bits per heavy atom. The Balaban J connectivity index is 1.35. The van der Waals surface area contributed by atoms with Crippen molar-refractivity contribution in [3.63, 3.8) is 0 Å². The molecule has 7 nitrogen and oxygen atoms in total. The predicted octanol–water partition coefficient (Wildman–Crippen LogP) is 5.08. The fraction of sp³-hybridized carbons (Fsp3) is 0.192. The van der Waals surface area contributed by atoms with Gasteiger partial charge in [0.05, 0.1) is 23.2 Å². The summed E-state index contributed by atoms with van der Waals surface area (Å²) in [5.74, 6) is 2.40. The summed E-state index contributed by atoms with van der Waals surface area (Å²) in [5, 5.41) is 3.47. The maximum Gasteiger partial charge on any atom is 0.258 e. The Hall–Kier alpha value is -4.13. The molecule has 2 N–H and O–H groups in total. The average molecular weight is 444 g/mol. The van der Waals surface area contributed by atoms with Crippen LogP contribution < -0.4 is 20.3 Å². The third-order valence-electron chi connectivity index (χ3n) is 5.00. The highest BCUT2D eigenvalue weighted by atomic mass is 16.5. The van der Waals surface area contributed by atoms with Crippen LogP contribution in [0.1, 0.15) is 25.6 Å². The summed E-state index contributed by atoms with van der Waals surface area (Å²) < 4.78 is 11.4. The zero-order valence-electron chi connectivity index (χ0n) is 18.3. The van der Waals surface area contributed by atoms with Gasteiger partial charge in [-0.25, -0.2) is 4.98 Å². The number of hydrogen-bond acceptors (Lipinski definition) is 5. The van der Waals surface area contributed by atoms with Gasteiger partial charge >= 0.3 is 0 Å². The summed E-state index contributed by atoms with van der Waals surface area (Å²) in [6, 6.07) is 21.8. The van der Waals surface area contributed by atoms with Crippen LogP contribution >= 0.6 is 0 Å². The van der Waals surface area contributed by atoms with Crippen LogP contribution in [-0.4, -0.2) is 22.5 Å². The van der Waals surface area contributed by atoms with Gasteiger partial charge in [0.25, 0.3) is 5.56 Å². The van der Waals surface area contributed by atoms with Crippen LogP contribution in [0.2, 0.25) is 0 Å². The van der Waals surface area contributed by atoms with E-state index in [9.17, 15) is 9.59 Å². The van der Waals surface area contributed by atoms with E-state index in [2.05, 4.69) is 15.3 Å². The summed E-state index contributed by atoms with van der Waals surface area (Å²) >= 11 is 0. The van der Waals surface area contributed by atoms with E-state index in [1.165, 1.54) is 0 Å². The number of amides is 1. The van der Waals surface area contributed by atoms with Gasteiger partial charge in [-0.1, -0.05) is 24.3 Å². The molecule has 0 radical (unpaired) electrons. The van der Waals surface area contributed by atoms with Crippen molar-refractivity contribution in [1.82, 2.24) is 9.97 Å². The summed E-state index contributed by atoms with van der Waals surface area (Å²) in [6.07, 6.45) is 1.33. The number of aromatic amines is 1. The minimum atomic E-state index is -0.166. The maximum atomic E-state index is 12.5. The standard InChI is InChI=1S/C26H25N3O4/c1-2-32-18-14-16-19(17-15-18)33-23-11-6-5-10-22(23)28-25(30)13-7-12-24-27-21-9-4-3-8-20(21)26(31)29-24/h3-6,8-11,14-17H,2,7,12-13H2,1H3,(H,28,30)(H,27,29,31). The topological polar surface area (TPSA) is 93.3 Å². The molecule has 0 aliphatic rings. The Kier molecular flexibility index (Phi) is 6.99. The number of ether oxygens (including phenoxy) is 2. The molecular formula is C26H25N3O4. The van der Waals surface area contributed by atoms with Crippen molar-refractivity contribution < 1.29 is 14.3 Å². The molecule has 0 atom stereocenters. The van der Waals surface area contributed by atoms with Crippen molar-refractivity contribution in [3.8, 4) is 17.2 Å². The van der Waals surface area contributed by atoms with Crippen LogP contribution in [0.4, 0.5) is 5.69 Å². The van der Waals surface area contributed by atoms with Gasteiger partial charge in [-0.05, 0) is 61.9 Å². The summed E-state index contributed by atoms with van der Waals surface area (Å²) in [7, 11) is 0. The van der Waals surface area contributed by atoms with Gasteiger partial charge in [-0.15, -0.1) is 0 Å². The van der Waals surface area contributed by atoms with E-state index in [4.69, 9.17) is 9.47 Å². The number of benzene rings is 3. The Bertz CT molecular complexity index is 1300. The van der Waals surface area contributed by atoms with Crippen molar-refractivity contribution in [2.45, 2.75) is 26.2 Å². The lowest BCUT2D eigenvalue weighted by Crippen LogP contribution is -2.14. The van der Waals surface area contributed by atoms with Crippen molar-refractivity contribution in [1.29, 1.82) is 0 Å². The average Bonchev–Trinajstić information content (AvgIpc) is 2.82. The molecule has 0 aliphatic carbocycles. The second-order valence-corrected chi connectivity index (χ2v) is 7.43. The lowest BCUT2D eigenvalue weighted by Gasteiger charge is -2.13. The van der Waals surface area contributed by atoms with Crippen LogP contribution in [0.3, 0.4) is 0 Å². The number of rotatable bonds is 9. The second-order valence-electron chi connectivity index (χ2n) is 7.43. The van der Waals surface area contributed by atoms with Crippen LogP contribution in [0.25, 0.3) is 10.9 Å². The van der Waals surface area contributed by atoms with Crippen molar-refractivity contribution in [3.05, 3.63) is 89.0 Å². The first-order valence-corrected chi connectivity index (χ1v) is 10.9. The first-order chi connectivity index (χ1) is 16.1. The van der Waals surface area contributed by atoms with Gasteiger partial charge in [-0.2, -0.15) is 0 Å². The Labute approximate surface area is 191 Å². The van der Waals surface area contributed by atoms with E-state index in [-0.39, 0.29) is 17.9 Å². The van der Waals surface area contributed by atoms with E-state index in [0.29, 0.717) is 53.4 Å². The highest BCUT2D eigenvalue weighted by molar-refractivity contribution is 5.92. The maximum absolute atomic E-state index is 12.5. The number of H-pyrrole nitrogens is 1. The molecule has 168 valence electrons. The zero-order chi connectivity index (χ0) is 23.0. The number of nitrogens with zero attached hydrogens (tertiary/aromatic N) is 1. The van der Waals surface area contributed by atoms with Gasteiger partial charge in [0.15, 0.2) is 5.75 Å². The summed E-state index contributed by atoms with van der Waals surface area (Å²) in [5.41, 5.74) is 1.08. The molecule has 0 spiro atoms. The van der Waals surface area contributed by atoms with Crippen LogP contribution in [0.5, 0.6) is 17.2 Å². The lowest BCUT2D eigenvalue weighted by atomic mass is 10.2. The number of aromatic nitrogens is 2. The first kappa shape index (κ1) is 22.1. The molecule has 1 amide bonds. The van der Waals surface area contributed by atoms with Gasteiger partial charge in [0, 0.05) is 12.8 Å². The minimum absolute atomic E-state index is 0.138. The van der Waals surface area contributed by atoms with E-state index in [0.717, 1.165) is 5.75 Å². The number of carbonyl (C=O) groups excluding carboxylic acids is 1. The second kappa shape index (κ2) is 10.5. The molecule has 1 aromatic heterocycles. The Morgan fingerprint density at radius 1 is 0.970 bits per heavy atom. The lowest BCUT2D eigenvalue weighted by molar-refractivity contribution is -0.116. The third kappa shape index (κ3) is 5.77. The number of nitrogens with one attached hydrogen (secondary N) is 2. The van der Waals surface area contributed by atoms with Gasteiger partial charge < -0.3 is 19.8 Å². The van der Waals surface area contributed by atoms with Gasteiger partial charge in [0.2, 0.25) is 5.91 Å². The SMILES string of the molecule is CCOc1ccc(Oc2ccccc2NC(=O)CCCc2nc3ccccc3c(=O)[nH]2)cc1. The highest BCUT2D eigenvalue weighted by Gasteiger charge is 2.10. The fourth-order valence-corrected chi connectivity index (χ4v) is 3.44. The number of hydrogen-bond donors (Lipinski definition) is 2. The minimum Gasteiger partial charge on any atom is -0.494 e. The molecule has 0 unspecified atom stereocenters. The highest BCUT2D eigenvalue weighted by Crippen LogP contribution is 2.30. The van der Waals surface area contributed by atoms with Crippen LogP contribution in [0, 0.1) is 0 Å². The largest absolute Gasteiger partial charge is 0.494 e. The number of aryl methyl sites for hydroxylation is 1. The fourth-order valence-electron chi connectivity index (χ4n) is 3.44. The molecule has 0 saturated heterocycles. The van der Waals surface area contributed by atoms with Crippen LogP contribution in [0.15, 0.2) is 77.6 Å². The summed E-state index contributed by atoms with van der Waals surface area (Å²) in [4.78, 5) is 32.0. The monoisotopic (exact) mass is 443 g/mol. The number of para-hydroxylation sites is 3. The van der Waals surface area contributed by atoms with Crippen molar-refractivity contribution >= 4 is 22.5 Å². The smallest absolute Gasteiger partial charge is 0.258 e. The number of carbonyl (C=O) groups is 1. The zero-order valence-corrected chi connectivity index (χ0v) is 18.3. The molecule has 0 bridgehead atoms. The molecule has 0 fully saturated rings. The third-order valence-corrected chi connectivity index (χ3v) is 5.00. The Morgan fingerprint density at radius 3 is 2.52 bits per heavy atom. The molecule has 0 saturated carbocycles. The molecule has 1 heterocycles. The normalized spacial score (nSPS) is 10.7. The molecular weight excluding hydrogens is 418 g/mol. The van der Waals surface area contributed by atoms with Crippen LogP contribution in [-0.2, 0) is 11.2 Å². The predicted molar refractivity (Wildman–Crippen MR) is 128 cm³/mol. The molecule has 4 aromatic rings. The molecule has 7 heteroatoms. The molecule has 4 rings (SSSR count). The van der Waals surface area contributed by atoms with E-state index in [1.54, 1.807) is 24.3 Å². The number of fused-ring (bicyclic) bond motifs is 1. The summed E-state index contributed by atoms with van der Waals surface area (Å²) in [6.45, 7) is 2.53. The van der Waals surface area contributed by atoms with Crippen molar-refractivity contribution in [2.75, 3.05) is 11.9 Å². The first-order valence-electron chi connectivity index (χ1n) is 10.9. The molecule has 3 aromatic carbocycles. The van der Waals surface area contributed by atoms with E-state index in [1.807, 2.05) is 55.5 Å². The van der Waals surface area contributed by atoms with E-state index >= 15 is 0 Å². The molecule has 0 aliphatic heterocycles. The molecule has 33 heavy (non-hydrogen) atoms. The van der Waals surface area contributed by atoms with Gasteiger partial charge in [0.1, 0.15) is 17.3 Å². The number of anilines is 1.